The van der Waals surface area contributed by atoms with Crippen molar-refractivity contribution in [2.75, 3.05) is 0 Å². The first kappa shape index (κ1) is 16.7. The van der Waals surface area contributed by atoms with Crippen molar-refractivity contribution >= 4 is 39.1 Å². The summed E-state index contributed by atoms with van der Waals surface area (Å²) in [6.45, 7) is 7.02. The second-order valence-electron chi connectivity index (χ2n) is 4.48. The molecule has 0 spiro atoms. The average Bonchev–Trinajstić information content (AvgIpc) is 3.07. The number of hydrogen-bond acceptors (Lipinski definition) is 4. The van der Waals surface area contributed by atoms with Crippen LogP contribution in [0.2, 0.25) is 5.02 Å². The van der Waals surface area contributed by atoms with Crippen LogP contribution in [-0.4, -0.2) is 31.2 Å². The van der Waals surface area contributed by atoms with Gasteiger partial charge < -0.3 is 0 Å². The van der Waals surface area contributed by atoms with E-state index in [4.69, 9.17) is 11.6 Å². The van der Waals surface area contributed by atoms with Crippen LogP contribution in [0.15, 0.2) is 22.0 Å². The molecule has 0 saturated heterocycles. The fourth-order valence-corrected chi connectivity index (χ4v) is 2.73. The molecule has 0 aromatic carbocycles. The van der Waals surface area contributed by atoms with Crippen molar-refractivity contribution in [2.45, 2.75) is 33.9 Å². The van der Waals surface area contributed by atoms with Crippen LogP contribution in [-0.2, 0) is 13.1 Å². The summed E-state index contributed by atoms with van der Waals surface area (Å²) in [6, 6.07) is 0. The molecule has 7 nitrogen and oxygen atoms in total. The van der Waals surface area contributed by atoms with E-state index >= 15 is 0 Å². The van der Waals surface area contributed by atoms with E-state index in [-0.39, 0.29) is 5.69 Å². The molecule has 1 N–H and O–H groups in total. The molecule has 118 valence electrons. The molecule has 2 aromatic heterocycles. The lowest BCUT2D eigenvalue weighted by molar-refractivity contribution is 0.0949. The van der Waals surface area contributed by atoms with Gasteiger partial charge in [0, 0.05) is 19.3 Å². The summed E-state index contributed by atoms with van der Waals surface area (Å²) in [5.41, 5.74) is 4.07. The minimum atomic E-state index is -0.449. The summed E-state index contributed by atoms with van der Waals surface area (Å²) in [4.78, 5) is 12.1. The molecule has 0 aliphatic rings. The van der Waals surface area contributed by atoms with Gasteiger partial charge in [-0.2, -0.15) is 15.3 Å². The quantitative estimate of drug-likeness (QED) is 0.633. The van der Waals surface area contributed by atoms with Gasteiger partial charge in [-0.05, 0) is 36.7 Å². The molecule has 1 amide bonds. The lowest BCUT2D eigenvalue weighted by atomic mass is 10.3. The number of aryl methyl sites for hydroxylation is 2. The van der Waals surface area contributed by atoms with Gasteiger partial charge in [-0.3, -0.25) is 14.2 Å². The number of nitrogens with zero attached hydrogens (tertiary/aromatic N) is 5. The number of nitrogens with one attached hydrogen (secondary N) is 1. The van der Waals surface area contributed by atoms with Crippen LogP contribution in [0.3, 0.4) is 0 Å². The van der Waals surface area contributed by atoms with Crippen molar-refractivity contribution in [3.63, 3.8) is 0 Å². The predicted molar refractivity (Wildman–Crippen MR) is 88.2 cm³/mol. The van der Waals surface area contributed by atoms with E-state index in [2.05, 4.69) is 36.7 Å². The minimum Gasteiger partial charge on any atom is -0.271 e. The largest absolute Gasteiger partial charge is 0.293 e. The Balaban J connectivity index is 2.18. The zero-order valence-electron chi connectivity index (χ0n) is 12.5. The van der Waals surface area contributed by atoms with E-state index in [0.717, 1.165) is 10.2 Å². The number of carbonyl (C=O) groups is 1. The lowest BCUT2D eigenvalue weighted by Gasteiger charge is -2.05. The third kappa shape index (κ3) is 3.38. The fourth-order valence-electron chi connectivity index (χ4n) is 1.92. The van der Waals surface area contributed by atoms with Crippen LogP contribution in [0.1, 0.15) is 37.0 Å². The summed E-state index contributed by atoms with van der Waals surface area (Å²) in [7, 11) is 0. The number of carbonyl (C=O) groups excluding carboxylic acids is 1. The number of amides is 1. The van der Waals surface area contributed by atoms with Crippen molar-refractivity contribution < 1.29 is 4.79 Å². The van der Waals surface area contributed by atoms with Crippen LogP contribution in [0, 0.1) is 0 Å². The maximum Gasteiger partial charge on any atom is 0.293 e. The molecule has 0 aliphatic heterocycles. The highest BCUT2D eigenvalue weighted by atomic mass is 79.9. The number of hydrazone groups is 1. The van der Waals surface area contributed by atoms with Gasteiger partial charge in [-0.15, -0.1) is 0 Å². The van der Waals surface area contributed by atoms with Crippen molar-refractivity contribution in [3.8, 4) is 0 Å². The van der Waals surface area contributed by atoms with Crippen LogP contribution in [0.25, 0.3) is 0 Å². The standard InChI is InChI=1S/C13H16BrClN6O/c1-4-20-7-10(15)11(19-20)13(22)18-17-8(3)12-9(14)6-16-21(12)5-2/h6-7H,4-5H2,1-3H3,(H,18,22)/b17-8-. The summed E-state index contributed by atoms with van der Waals surface area (Å²) >= 11 is 9.41. The molecule has 0 atom stereocenters. The third-order valence-corrected chi connectivity index (χ3v) is 3.88. The molecule has 2 rings (SSSR count). The van der Waals surface area contributed by atoms with Crippen molar-refractivity contribution in [1.29, 1.82) is 0 Å². The molecule has 2 aromatic rings. The SMILES string of the molecule is CCn1cc(Cl)c(C(=O)N/N=C(/C)c2c(Br)cnn2CC)n1. The zero-order chi connectivity index (χ0) is 16.3. The number of rotatable bonds is 5. The summed E-state index contributed by atoms with van der Waals surface area (Å²) in [5, 5.41) is 12.7. The van der Waals surface area contributed by atoms with Gasteiger partial charge in [0.1, 0.15) is 0 Å². The molecular formula is C13H16BrClN6O. The van der Waals surface area contributed by atoms with Gasteiger partial charge >= 0.3 is 0 Å². The minimum absolute atomic E-state index is 0.156. The third-order valence-electron chi connectivity index (χ3n) is 3.02. The Bertz CT molecular complexity index is 720. The average molecular weight is 388 g/mol. The lowest BCUT2D eigenvalue weighted by Crippen LogP contribution is -2.21. The normalized spacial score (nSPS) is 11.8. The Kier molecular flexibility index (Phi) is 5.36. The molecule has 0 unspecified atom stereocenters. The van der Waals surface area contributed by atoms with Gasteiger partial charge in [-0.1, -0.05) is 11.6 Å². The first-order chi connectivity index (χ1) is 10.5. The molecule has 22 heavy (non-hydrogen) atoms. The number of aromatic nitrogens is 4. The van der Waals surface area contributed by atoms with Crippen LogP contribution >= 0.6 is 27.5 Å². The Morgan fingerprint density at radius 2 is 2.18 bits per heavy atom. The summed E-state index contributed by atoms with van der Waals surface area (Å²) in [6.07, 6.45) is 3.30. The Morgan fingerprint density at radius 1 is 1.45 bits per heavy atom. The Hall–Kier alpha value is -1.67. The monoisotopic (exact) mass is 386 g/mol. The van der Waals surface area contributed by atoms with E-state index < -0.39 is 5.91 Å². The van der Waals surface area contributed by atoms with Gasteiger partial charge in [0.05, 0.1) is 27.1 Å². The molecule has 9 heteroatoms. The van der Waals surface area contributed by atoms with Crippen LogP contribution < -0.4 is 5.43 Å². The number of halogens is 2. The molecular weight excluding hydrogens is 372 g/mol. The Morgan fingerprint density at radius 3 is 2.77 bits per heavy atom. The van der Waals surface area contributed by atoms with E-state index in [1.165, 1.54) is 0 Å². The van der Waals surface area contributed by atoms with Gasteiger partial charge in [0.15, 0.2) is 5.69 Å². The molecule has 0 fully saturated rings. The molecule has 2 heterocycles. The fraction of sp³-hybridized carbons (Fsp3) is 0.385. The molecule has 0 bridgehead atoms. The summed E-state index contributed by atoms with van der Waals surface area (Å²) in [5.74, 6) is -0.449. The maximum absolute atomic E-state index is 12.1. The zero-order valence-corrected chi connectivity index (χ0v) is 14.8. The van der Waals surface area contributed by atoms with Gasteiger partial charge in [0.2, 0.25) is 0 Å². The van der Waals surface area contributed by atoms with E-state index in [0.29, 0.717) is 23.8 Å². The van der Waals surface area contributed by atoms with Crippen molar-refractivity contribution in [3.05, 3.63) is 33.3 Å². The highest BCUT2D eigenvalue weighted by Gasteiger charge is 2.16. The Labute approximate surface area is 141 Å². The van der Waals surface area contributed by atoms with Crippen molar-refractivity contribution in [2.24, 2.45) is 5.10 Å². The molecule has 0 radical (unpaired) electrons. The van der Waals surface area contributed by atoms with E-state index in [9.17, 15) is 4.79 Å². The maximum atomic E-state index is 12.1. The van der Waals surface area contributed by atoms with Gasteiger partial charge in [-0.25, -0.2) is 5.43 Å². The van der Waals surface area contributed by atoms with E-state index in [1.807, 2.05) is 13.8 Å². The molecule has 0 aliphatic carbocycles. The van der Waals surface area contributed by atoms with Crippen LogP contribution in [0.4, 0.5) is 0 Å². The van der Waals surface area contributed by atoms with Crippen LogP contribution in [0.5, 0.6) is 0 Å². The smallest absolute Gasteiger partial charge is 0.271 e. The topological polar surface area (TPSA) is 77.1 Å². The first-order valence-electron chi connectivity index (χ1n) is 6.77. The van der Waals surface area contributed by atoms with Gasteiger partial charge in [0.25, 0.3) is 5.91 Å². The van der Waals surface area contributed by atoms with E-state index in [1.54, 1.807) is 28.7 Å². The highest BCUT2D eigenvalue weighted by Crippen LogP contribution is 2.17. The second-order valence-corrected chi connectivity index (χ2v) is 5.74. The number of hydrogen-bond donors (Lipinski definition) is 1. The molecule has 0 saturated carbocycles. The summed E-state index contributed by atoms with van der Waals surface area (Å²) < 4.78 is 4.20. The predicted octanol–water partition coefficient (Wildman–Crippen LogP) is 2.69. The highest BCUT2D eigenvalue weighted by molar-refractivity contribution is 9.10. The van der Waals surface area contributed by atoms with Crippen molar-refractivity contribution in [1.82, 2.24) is 25.0 Å². The second kappa shape index (κ2) is 7.06. The first-order valence-corrected chi connectivity index (χ1v) is 7.94.